The highest BCUT2D eigenvalue weighted by Gasteiger charge is 2.05. The average molecular weight is 248 g/mol. The molecular weight excluding hydrogens is 232 g/mol. The van der Waals surface area contributed by atoms with Gasteiger partial charge in [-0.25, -0.2) is 4.98 Å². The van der Waals surface area contributed by atoms with Gasteiger partial charge in [0.1, 0.15) is 5.52 Å². The number of nitrogens with one attached hydrogen (secondary N) is 1. The van der Waals surface area contributed by atoms with Gasteiger partial charge in [0.15, 0.2) is 0 Å². The molecule has 1 heterocycles. The van der Waals surface area contributed by atoms with Crippen LogP contribution in [0.2, 0.25) is 0 Å². The Kier molecular flexibility index (Phi) is 4.14. The van der Waals surface area contributed by atoms with Crippen molar-refractivity contribution in [3.8, 4) is 0 Å². The SMILES string of the molecule is CCSCC(C)Nc1nnc2ccccc2n1. The molecule has 1 unspecified atom stereocenters. The molecule has 1 atom stereocenters. The lowest BCUT2D eigenvalue weighted by atomic mass is 10.3. The van der Waals surface area contributed by atoms with E-state index in [-0.39, 0.29) is 0 Å². The smallest absolute Gasteiger partial charge is 0.243 e. The van der Waals surface area contributed by atoms with Crippen molar-refractivity contribution < 1.29 is 0 Å². The number of rotatable bonds is 5. The number of hydrogen-bond acceptors (Lipinski definition) is 5. The Balaban J connectivity index is 2.08. The molecule has 0 spiro atoms. The third-order valence-corrected chi connectivity index (χ3v) is 3.45. The van der Waals surface area contributed by atoms with Crippen LogP contribution in [0.4, 0.5) is 5.95 Å². The van der Waals surface area contributed by atoms with Crippen LogP contribution < -0.4 is 5.32 Å². The van der Waals surface area contributed by atoms with E-state index in [0.717, 1.165) is 22.5 Å². The van der Waals surface area contributed by atoms with Crippen LogP contribution in [0.5, 0.6) is 0 Å². The zero-order valence-electron chi connectivity index (χ0n) is 10.1. The second kappa shape index (κ2) is 5.82. The fourth-order valence-electron chi connectivity index (χ4n) is 1.50. The molecule has 0 saturated carbocycles. The second-order valence-corrected chi connectivity index (χ2v) is 5.15. The molecule has 1 aromatic heterocycles. The lowest BCUT2D eigenvalue weighted by molar-refractivity contribution is 0.872. The van der Waals surface area contributed by atoms with Crippen molar-refractivity contribution in [1.82, 2.24) is 15.2 Å². The van der Waals surface area contributed by atoms with Crippen molar-refractivity contribution in [2.45, 2.75) is 19.9 Å². The quantitative estimate of drug-likeness (QED) is 0.881. The number of nitrogens with zero attached hydrogens (tertiary/aromatic N) is 3. The van der Waals surface area contributed by atoms with Gasteiger partial charge in [-0.15, -0.1) is 10.2 Å². The molecule has 2 aromatic rings. The molecule has 1 N–H and O–H groups in total. The normalized spacial score (nSPS) is 12.6. The third kappa shape index (κ3) is 3.30. The highest BCUT2D eigenvalue weighted by molar-refractivity contribution is 7.99. The minimum Gasteiger partial charge on any atom is -0.350 e. The lowest BCUT2D eigenvalue weighted by Gasteiger charge is -2.12. The van der Waals surface area contributed by atoms with Crippen molar-refractivity contribution in [1.29, 1.82) is 0 Å². The molecule has 2 rings (SSSR count). The Hall–Kier alpha value is -1.36. The minimum absolute atomic E-state index is 0.350. The summed E-state index contributed by atoms with van der Waals surface area (Å²) in [6, 6.07) is 8.10. The van der Waals surface area contributed by atoms with Gasteiger partial charge in [0.2, 0.25) is 5.95 Å². The maximum absolute atomic E-state index is 4.43. The predicted molar refractivity (Wildman–Crippen MR) is 73.4 cm³/mol. The largest absolute Gasteiger partial charge is 0.350 e. The number of benzene rings is 1. The van der Waals surface area contributed by atoms with E-state index >= 15 is 0 Å². The van der Waals surface area contributed by atoms with E-state index < -0.39 is 0 Å². The zero-order chi connectivity index (χ0) is 12.1. The first kappa shape index (κ1) is 12.1. The first-order valence-corrected chi connectivity index (χ1v) is 6.89. The molecule has 0 fully saturated rings. The molecule has 0 aliphatic rings. The van der Waals surface area contributed by atoms with Gasteiger partial charge >= 0.3 is 0 Å². The predicted octanol–water partition coefficient (Wildman–Crippen LogP) is 2.58. The van der Waals surface area contributed by atoms with Crippen LogP contribution in [0.3, 0.4) is 0 Å². The molecule has 17 heavy (non-hydrogen) atoms. The first-order chi connectivity index (χ1) is 8.29. The fourth-order valence-corrected chi connectivity index (χ4v) is 2.17. The monoisotopic (exact) mass is 248 g/mol. The molecule has 1 aromatic carbocycles. The minimum atomic E-state index is 0.350. The summed E-state index contributed by atoms with van der Waals surface area (Å²) in [5.41, 5.74) is 1.70. The summed E-state index contributed by atoms with van der Waals surface area (Å²) in [7, 11) is 0. The number of para-hydroxylation sites is 1. The Labute approximate surface area is 105 Å². The van der Waals surface area contributed by atoms with Crippen LogP contribution in [-0.4, -0.2) is 32.7 Å². The van der Waals surface area contributed by atoms with E-state index in [4.69, 9.17) is 0 Å². The first-order valence-electron chi connectivity index (χ1n) is 5.73. The van der Waals surface area contributed by atoms with Gasteiger partial charge in [-0.05, 0) is 24.8 Å². The van der Waals surface area contributed by atoms with Crippen LogP contribution in [0.15, 0.2) is 24.3 Å². The van der Waals surface area contributed by atoms with Gasteiger partial charge in [-0.2, -0.15) is 11.8 Å². The molecule has 0 saturated heterocycles. The Bertz CT molecular complexity index is 489. The summed E-state index contributed by atoms with van der Waals surface area (Å²) in [4.78, 5) is 4.43. The summed E-state index contributed by atoms with van der Waals surface area (Å²) in [6.45, 7) is 4.28. The summed E-state index contributed by atoms with van der Waals surface area (Å²) in [6.07, 6.45) is 0. The van der Waals surface area contributed by atoms with E-state index in [9.17, 15) is 0 Å². The molecule has 0 aliphatic carbocycles. The second-order valence-electron chi connectivity index (χ2n) is 3.83. The van der Waals surface area contributed by atoms with Crippen molar-refractivity contribution in [2.24, 2.45) is 0 Å². The Morgan fingerprint density at radius 3 is 2.76 bits per heavy atom. The number of thioether (sulfide) groups is 1. The highest BCUT2D eigenvalue weighted by Crippen LogP contribution is 2.10. The van der Waals surface area contributed by atoms with Crippen LogP contribution >= 0.6 is 11.8 Å². The number of hydrogen-bond donors (Lipinski definition) is 1. The van der Waals surface area contributed by atoms with Gasteiger partial charge in [0, 0.05) is 11.8 Å². The molecule has 90 valence electrons. The number of fused-ring (bicyclic) bond motifs is 1. The van der Waals surface area contributed by atoms with Crippen molar-refractivity contribution >= 4 is 28.7 Å². The molecule has 0 radical (unpaired) electrons. The van der Waals surface area contributed by atoms with Gasteiger partial charge in [-0.3, -0.25) is 0 Å². The van der Waals surface area contributed by atoms with E-state index in [1.54, 1.807) is 0 Å². The van der Waals surface area contributed by atoms with Crippen LogP contribution in [0.25, 0.3) is 11.0 Å². The Morgan fingerprint density at radius 2 is 2.00 bits per heavy atom. The summed E-state index contributed by atoms with van der Waals surface area (Å²) in [5.74, 6) is 2.78. The maximum atomic E-state index is 4.43. The van der Waals surface area contributed by atoms with E-state index in [1.165, 1.54) is 0 Å². The lowest BCUT2D eigenvalue weighted by Crippen LogP contribution is -2.20. The fraction of sp³-hybridized carbons (Fsp3) is 0.417. The van der Waals surface area contributed by atoms with Gasteiger partial charge in [0.25, 0.3) is 0 Å². The highest BCUT2D eigenvalue weighted by atomic mass is 32.2. The average Bonchev–Trinajstić information content (AvgIpc) is 2.36. The molecule has 0 amide bonds. The van der Waals surface area contributed by atoms with Crippen molar-refractivity contribution in [3.63, 3.8) is 0 Å². The molecule has 0 aliphatic heterocycles. The van der Waals surface area contributed by atoms with E-state index in [2.05, 4.69) is 34.3 Å². The maximum Gasteiger partial charge on any atom is 0.243 e. The van der Waals surface area contributed by atoms with Crippen molar-refractivity contribution in [2.75, 3.05) is 16.8 Å². The summed E-state index contributed by atoms with van der Waals surface area (Å²) < 4.78 is 0. The molecule has 4 nitrogen and oxygen atoms in total. The molecule has 5 heteroatoms. The van der Waals surface area contributed by atoms with Crippen LogP contribution in [0, 0.1) is 0 Å². The van der Waals surface area contributed by atoms with Gasteiger partial charge in [-0.1, -0.05) is 19.1 Å². The van der Waals surface area contributed by atoms with Crippen molar-refractivity contribution in [3.05, 3.63) is 24.3 Å². The summed E-state index contributed by atoms with van der Waals surface area (Å²) in [5, 5.41) is 11.5. The molecular formula is C12H16N4S. The van der Waals surface area contributed by atoms with Crippen LogP contribution in [0.1, 0.15) is 13.8 Å². The molecule has 0 bridgehead atoms. The van der Waals surface area contributed by atoms with Crippen LogP contribution in [-0.2, 0) is 0 Å². The van der Waals surface area contributed by atoms with Gasteiger partial charge < -0.3 is 5.32 Å². The number of aromatic nitrogens is 3. The standard InChI is InChI=1S/C12H16N4S/c1-3-17-8-9(2)13-12-14-10-6-4-5-7-11(10)15-16-12/h4-7,9H,3,8H2,1-2H3,(H,13,14,16). The zero-order valence-corrected chi connectivity index (χ0v) is 10.9. The van der Waals surface area contributed by atoms with E-state index in [0.29, 0.717) is 12.0 Å². The topological polar surface area (TPSA) is 50.7 Å². The Morgan fingerprint density at radius 1 is 1.24 bits per heavy atom. The number of anilines is 1. The van der Waals surface area contributed by atoms with E-state index in [1.807, 2.05) is 36.0 Å². The van der Waals surface area contributed by atoms with Gasteiger partial charge in [0.05, 0.1) is 5.52 Å². The third-order valence-electron chi connectivity index (χ3n) is 2.31. The summed E-state index contributed by atoms with van der Waals surface area (Å²) >= 11 is 1.90.